The number of carbonyl (C=O) groups is 1. The number of halogens is 3. The molecule has 1 unspecified atom stereocenters. The van der Waals surface area contributed by atoms with Crippen LogP contribution >= 0.6 is 11.6 Å². The Morgan fingerprint density at radius 3 is 2.54 bits per heavy atom. The minimum absolute atomic E-state index is 0.0637. The van der Waals surface area contributed by atoms with Crippen LogP contribution < -0.4 is 5.32 Å². The monoisotopic (exact) mass is 561 g/mol. The maximum Gasteiger partial charge on any atom is 0.252 e. The predicted octanol–water partition coefficient (Wildman–Crippen LogP) is 5.68. The summed E-state index contributed by atoms with van der Waals surface area (Å²) in [6, 6.07) is 14.3. The Morgan fingerprint density at radius 1 is 1.05 bits per heavy atom. The second-order valence-electron chi connectivity index (χ2n) is 10.3. The maximum absolute atomic E-state index is 14.4. The second kappa shape index (κ2) is 11.3. The average Bonchev–Trinajstić information content (AvgIpc) is 3.52. The number of ether oxygens (including phenoxy) is 4. The lowest BCUT2D eigenvalue weighted by Crippen LogP contribution is -2.59. The number of nitrogens with one attached hydrogen (secondary N) is 1. The molecule has 2 fully saturated rings. The number of furan rings is 1. The largest absolute Gasteiger partial charge is 0.467 e. The molecule has 4 atom stereocenters. The number of hydrogen-bond donors (Lipinski definition) is 1. The molecule has 1 aromatic heterocycles. The zero-order valence-corrected chi connectivity index (χ0v) is 22.4. The van der Waals surface area contributed by atoms with Crippen LogP contribution in [0.1, 0.15) is 43.6 Å². The molecule has 2 heterocycles. The van der Waals surface area contributed by atoms with Crippen molar-refractivity contribution < 1.29 is 36.9 Å². The quantitative estimate of drug-likeness (QED) is 0.362. The first-order valence-corrected chi connectivity index (χ1v) is 13.1. The van der Waals surface area contributed by atoms with Gasteiger partial charge in [-0.25, -0.2) is 8.78 Å². The first-order chi connectivity index (χ1) is 18.6. The molecule has 0 spiro atoms. The van der Waals surface area contributed by atoms with Crippen molar-refractivity contribution >= 4 is 17.5 Å². The predicted molar refractivity (Wildman–Crippen MR) is 138 cm³/mol. The van der Waals surface area contributed by atoms with E-state index in [0.717, 1.165) is 5.56 Å². The molecule has 208 valence electrons. The Morgan fingerprint density at radius 2 is 1.82 bits per heavy atom. The zero-order valence-electron chi connectivity index (χ0n) is 21.6. The van der Waals surface area contributed by atoms with E-state index in [9.17, 15) is 13.6 Å². The summed E-state index contributed by atoms with van der Waals surface area (Å²) in [6.45, 7) is 3.42. The third-order valence-electron chi connectivity index (χ3n) is 6.97. The Bertz CT molecular complexity index is 1280. The fraction of sp³-hybridized carbons (Fsp3) is 0.414. The van der Waals surface area contributed by atoms with Gasteiger partial charge in [-0.2, -0.15) is 0 Å². The molecule has 1 aliphatic heterocycles. The van der Waals surface area contributed by atoms with Crippen molar-refractivity contribution in [2.75, 3.05) is 0 Å². The lowest BCUT2D eigenvalue weighted by Gasteiger charge is -2.43. The molecular formula is C29H30ClF2NO6. The van der Waals surface area contributed by atoms with Crippen molar-refractivity contribution in [3.63, 3.8) is 0 Å². The van der Waals surface area contributed by atoms with E-state index in [4.69, 9.17) is 35.0 Å². The highest BCUT2D eigenvalue weighted by Crippen LogP contribution is 2.44. The molecule has 10 heteroatoms. The van der Waals surface area contributed by atoms with Gasteiger partial charge < -0.3 is 28.7 Å². The van der Waals surface area contributed by atoms with Gasteiger partial charge in [0.05, 0.1) is 38.2 Å². The molecule has 0 bridgehead atoms. The molecule has 1 saturated carbocycles. The Kier molecular flexibility index (Phi) is 8.07. The third-order valence-corrected chi connectivity index (χ3v) is 7.21. The van der Waals surface area contributed by atoms with Gasteiger partial charge in [0.15, 0.2) is 11.4 Å². The maximum atomic E-state index is 14.4. The molecule has 2 aliphatic rings. The van der Waals surface area contributed by atoms with E-state index >= 15 is 0 Å². The van der Waals surface area contributed by atoms with Crippen molar-refractivity contribution in [2.24, 2.45) is 0 Å². The van der Waals surface area contributed by atoms with E-state index in [1.165, 1.54) is 24.5 Å². The topological polar surface area (TPSA) is 79.2 Å². The molecule has 39 heavy (non-hydrogen) atoms. The van der Waals surface area contributed by atoms with Gasteiger partial charge in [-0.05, 0) is 55.8 Å². The smallest absolute Gasteiger partial charge is 0.252 e. The Balaban J connectivity index is 1.43. The van der Waals surface area contributed by atoms with Gasteiger partial charge in [0, 0.05) is 23.4 Å². The molecule has 1 aliphatic carbocycles. The van der Waals surface area contributed by atoms with Gasteiger partial charge in [-0.15, -0.1) is 0 Å². The van der Waals surface area contributed by atoms with Gasteiger partial charge in [0.1, 0.15) is 23.5 Å². The van der Waals surface area contributed by atoms with Crippen LogP contribution in [0.4, 0.5) is 8.78 Å². The summed E-state index contributed by atoms with van der Waals surface area (Å²) < 4.78 is 58.9. The van der Waals surface area contributed by atoms with Crippen LogP contribution in [-0.2, 0) is 43.5 Å². The van der Waals surface area contributed by atoms with Crippen LogP contribution in [0.15, 0.2) is 65.3 Å². The van der Waals surface area contributed by atoms with Gasteiger partial charge in [-0.3, -0.25) is 4.79 Å². The van der Waals surface area contributed by atoms with Crippen LogP contribution in [0.25, 0.3) is 0 Å². The van der Waals surface area contributed by atoms with Crippen molar-refractivity contribution in [2.45, 2.75) is 76.1 Å². The standard InChI is InChI=1S/C29H30ClF2NO6/c1-28(2)38-25-14-29(27(34)33-15-20-8-5-11-35-20,37-16-18-6-3-7-19(30)12-18)13-24(26(25)39-28)36-17-21-22(31)9-4-10-23(21)32/h3-12,24-26H,13-17H2,1-2H3,(H,33,34)/t24?,25-,26+,29-/m1/s1. The average molecular weight is 562 g/mol. The number of hydrogen-bond acceptors (Lipinski definition) is 6. The second-order valence-corrected chi connectivity index (χ2v) is 10.7. The number of amides is 1. The summed E-state index contributed by atoms with van der Waals surface area (Å²) >= 11 is 6.16. The fourth-order valence-corrected chi connectivity index (χ4v) is 5.37. The van der Waals surface area contributed by atoms with Crippen LogP contribution in [0, 0.1) is 11.6 Å². The van der Waals surface area contributed by atoms with E-state index in [-0.39, 0.29) is 38.2 Å². The van der Waals surface area contributed by atoms with Crippen molar-refractivity contribution in [1.82, 2.24) is 5.32 Å². The molecule has 7 nitrogen and oxygen atoms in total. The van der Waals surface area contributed by atoms with E-state index in [2.05, 4.69) is 5.32 Å². The summed E-state index contributed by atoms with van der Waals surface area (Å²) in [5, 5.41) is 3.44. The number of fused-ring (bicyclic) bond motifs is 1. The van der Waals surface area contributed by atoms with Crippen LogP contribution in [-0.4, -0.2) is 35.6 Å². The molecule has 0 radical (unpaired) electrons. The molecule has 1 amide bonds. The van der Waals surface area contributed by atoms with E-state index in [1.54, 1.807) is 44.2 Å². The summed E-state index contributed by atoms with van der Waals surface area (Å²) in [5.74, 6) is -2.20. The molecular weight excluding hydrogens is 532 g/mol. The van der Waals surface area contributed by atoms with Gasteiger partial charge in [-0.1, -0.05) is 29.8 Å². The van der Waals surface area contributed by atoms with Crippen LogP contribution in [0.5, 0.6) is 0 Å². The van der Waals surface area contributed by atoms with Gasteiger partial charge >= 0.3 is 0 Å². The summed E-state index contributed by atoms with van der Waals surface area (Å²) in [6.07, 6.45) is -0.143. The first-order valence-electron chi connectivity index (χ1n) is 12.7. The van der Waals surface area contributed by atoms with Crippen molar-refractivity contribution in [3.05, 3.63) is 94.4 Å². The highest BCUT2D eigenvalue weighted by Gasteiger charge is 2.58. The summed E-state index contributed by atoms with van der Waals surface area (Å²) in [7, 11) is 0. The minimum Gasteiger partial charge on any atom is -0.467 e. The van der Waals surface area contributed by atoms with Crippen molar-refractivity contribution in [1.29, 1.82) is 0 Å². The Hall–Kier alpha value is -2.82. The first kappa shape index (κ1) is 27.7. The normalized spacial score (nSPS) is 25.8. The molecule has 1 N–H and O–H groups in total. The van der Waals surface area contributed by atoms with Crippen molar-refractivity contribution in [3.8, 4) is 0 Å². The van der Waals surface area contributed by atoms with Gasteiger partial charge in [0.2, 0.25) is 0 Å². The minimum atomic E-state index is -1.40. The summed E-state index contributed by atoms with van der Waals surface area (Å²) in [5.41, 5.74) is -0.832. The zero-order chi connectivity index (χ0) is 27.6. The SMILES string of the molecule is CC1(C)O[C@@H]2C[C@@](OCc3cccc(Cl)c3)(C(=O)NCc3ccco3)CC(OCc3c(F)cccc3F)[C@@H]2O1. The fourth-order valence-electron chi connectivity index (χ4n) is 5.16. The van der Waals surface area contributed by atoms with E-state index in [0.29, 0.717) is 10.8 Å². The van der Waals surface area contributed by atoms with E-state index < -0.39 is 47.2 Å². The van der Waals surface area contributed by atoms with Gasteiger partial charge in [0.25, 0.3) is 5.91 Å². The Labute approximate surface area is 230 Å². The molecule has 3 aromatic rings. The lowest BCUT2D eigenvalue weighted by molar-refractivity contribution is -0.183. The molecule has 1 saturated heterocycles. The molecule has 5 rings (SSSR count). The highest BCUT2D eigenvalue weighted by atomic mass is 35.5. The van der Waals surface area contributed by atoms with Crippen LogP contribution in [0.3, 0.4) is 0 Å². The number of benzene rings is 2. The summed E-state index contributed by atoms with van der Waals surface area (Å²) in [4.78, 5) is 13.8. The molecule has 2 aromatic carbocycles. The lowest BCUT2D eigenvalue weighted by atomic mass is 9.78. The third kappa shape index (κ3) is 6.34. The highest BCUT2D eigenvalue weighted by molar-refractivity contribution is 6.30. The van der Waals surface area contributed by atoms with Crippen LogP contribution in [0.2, 0.25) is 5.02 Å². The number of rotatable bonds is 9. The number of carbonyl (C=O) groups excluding carboxylic acids is 1. The van der Waals surface area contributed by atoms with E-state index in [1.807, 2.05) is 6.07 Å².